The largest absolute Gasteiger partial charge is 0.487 e. The summed E-state index contributed by atoms with van der Waals surface area (Å²) in [5.41, 5.74) is 0.929. The number of ether oxygens (including phenoxy) is 1. The number of nitrogens with zero attached hydrogens (tertiary/aromatic N) is 2. The third-order valence-electron chi connectivity index (χ3n) is 4.87. The molecule has 6 nitrogen and oxygen atoms in total. The van der Waals surface area contributed by atoms with Crippen molar-refractivity contribution in [2.45, 2.75) is 36.3 Å². The van der Waals surface area contributed by atoms with Gasteiger partial charge >= 0.3 is 0 Å². The number of rotatable bonds is 2. The van der Waals surface area contributed by atoms with Crippen LogP contribution in [0.2, 0.25) is 0 Å². The molecule has 1 aromatic carbocycles. The van der Waals surface area contributed by atoms with Crippen LogP contribution < -0.4 is 9.64 Å². The van der Waals surface area contributed by atoms with E-state index in [2.05, 4.69) is 4.90 Å². The first-order valence-corrected chi connectivity index (χ1v) is 9.22. The number of sulfonamides is 1. The van der Waals surface area contributed by atoms with Gasteiger partial charge < -0.3 is 14.7 Å². The standard InChI is InChI=1S/C15H20N2O4S/c18-10-12-2-1-6-17(12)11-3-4-15-14(8-11)21-13-5-7-16(9-13)22(15,19)20/h3-4,8,12-13,18H,1-2,5-7,9-10H2/t12-,13+/m1/s1. The Hall–Kier alpha value is -1.31. The highest BCUT2D eigenvalue weighted by Gasteiger charge is 2.39. The van der Waals surface area contributed by atoms with Gasteiger partial charge in [0.1, 0.15) is 16.7 Å². The molecule has 7 heteroatoms. The lowest BCUT2D eigenvalue weighted by Gasteiger charge is -2.26. The first-order chi connectivity index (χ1) is 10.6. The molecular formula is C15H20N2O4S. The van der Waals surface area contributed by atoms with Gasteiger partial charge in [0.25, 0.3) is 0 Å². The predicted octanol–water partition coefficient (Wildman–Crippen LogP) is 0.803. The van der Waals surface area contributed by atoms with Crippen LogP contribution in [0, 0.1) is 0 Å². The molecule has 0 amide bonds. The van der Waals surface area contributed by atoms with E-state index in [0.29, 0.717) is 18.8 Å². The number of anilines is 1. The molecule has 0 aliphatic carbocycles. The Bertz CT molecular complexity index is 691. The minimum Gasteiger partial charge on any atom is -0.487 e. The van der Waals surface area contributed by atoms with Gasteiger partial charge in [0.2, 0.25) is 10.0 Å². The Balaban J connectivity index is 1.75. The molecule has 1 aromatic rings. The van der Waals surface area contributed by atoms with Gasteiger partial charge in [0.15, 0.2) is 0 Å². The summed E-state index contributed by atoms with van der Waals surface area (Å²) in [7, 11) is -3.45. The SMILES string of the molecule is O=S1(=O)c2ccc(N3CCC[C@@H]3CO)cc2O[C@H]2CCN1C2. The zero-order valence-corrected chi connectivity index (χ0v) is 13.1. The highest BCUT2D eigenvalue weighted by atomic mass is 32.2. The van der Waals surface area contributed by atoms with Crippen LogP contribution in [0.15, 0.2) is 23.1 Å². The average molecular weight is 324 g/mol. The van der Waals surface area contributed by atoms with Crippen LogP contribution in [0.5, 0.6) is 5.75 Å². The van der Waals surface area contributed by atoms with Crippen molar-refractivity contribution in [3.8, 4) is 5.75 Å². The van der Waals surface area contributed by atoms with Gasteiger partial charge in [0.05, 0.1) is 19.2 Å². The zero-order valence-electron chi connectivity index (χ0n) is 12.3. The fourth-order valence-electron chi connectivity index (χ4n) is 3.68. The molecule has 2 bridgehead atoms. The fourth-order valence-corrected chi connectivity index (χ4v) is 5.26. The van der Waals surface area contributed by atoms with Gasteiger partial charge in [-0.3, -0.25) is 0 Å². The van der Waals surface area contributed by atoms with E-state index in [9.17, 15) is 13.5 Å². The van der Waals surface area contributed by atoms with E-state index in [4.69, 9.17) is 4.74 Å². The summed E-state index contributed by atoms with van der Waals surface area (Å²) in [5.74, 6) is 0.452. The second kappa shape index (κ2) is 5.11. The molecule has 0 saturated carbocycles. The summed E-state index contributed by atoms with van der Waals surface area (Å²) in [6.07, 6.45) is 2.69. The number of aliphatic hydroxyl groups is 1. The van der Waals surface area contributed by atoms with E-state index < -0.39 is 10.0 Å². The van der Waals surface area contributed by atoms with Crippen molar-refractivity contribution < 1.29 is 18.3 Å². The highest BCUT2D eigenvalue weighted by Crippen LogP contribution is 2.38. The second-order valence-electron chi connectivity index (χ2n) is 6.19. The van der Waals surface area contributed by atoms with Crippen molar-refractivity contribution in [2.75, 3.05) is 31.1 Å². The molecule has 0 aromatic heterocycles. The summed E-state index contributed by atoms with van der Waals surface area (Å²) in [6, 6.07) is 5.41. The Morgan fingerprint density at radius 2 is 2.14 bits per heavy atom. The molecule has 0 spiro atoms. The monoisotopic (exact) mass is 324 g/mol. The Kier molecular flexibility index (Phi) is 3.32. The minimum absolute atomic E-state index is 0.0570. The molecule has 3 aliphatic heterocycles. The molecule has 4 rings (SSSR count). The Morgan fingerprint density at radius 3 is 2.95 bits per heavy atom. The quantitative estimate of drug-likeness (QED) is 0.871. The minimum atomic E-state index is -3.45. The molecule has 22 heavy (non-hydrogen) atoms. The number of fused-ring (bicyclic) bond motifs is 3. The normalized spacial score (nSPS) is 32.4. The first kappa shape index (κ1) is 14.3. The van der Waals surface area contributed by atoms with Gasteiger partial charge in [-0.15, -0.1) is 0 Å². The van der Waals surface area contributed by atoms with Crippen molar-refractivity contribution in [3.63, 3.8) is 0 Å². The predicted molar refractivity (Wildman–Crippen MR) is 81.7 cm³/mol. The average Bonchev–Trinajstić information content (AvgIpc) is 3.13. The molecule has 2 saturated heterocycles. The number of benzene rings is 1. The summed E-state index contributed by atoms with van der Waals surface area (Å²) < 4.78 is 32.7. The highest BCUT2D eigenvalue weighted by molar-refractivity contribution is 7.89. The van der Waals surface area contributed by atoms with Crippen molar-refractivity contribution in [2.24, 2.45) is 0 Å². The van der Waals surface area contributed by atoms with E-state index in [1.165, 1.54) is 4.31 Å². The number of aliphatic hydroxyl groups excluding tert-OH is 1. The smallest absolute Gasteiger partial charge is 0.246 e. The summed E-state index contributed by atoms with van der Waals surface area (Å²) in [4.78, 5) is 2.40. The first-order valence-electron chi connectivity index (χ1n) is 7.78. The van der Waals surface area contributed by atoms with E-state index in [1.54, 1.807) is 6.07 Å². The van der Waals surface area contributed by atoms with Crippen molar-refractivity contribution in [3.05, 3.63) is 18.2 Å². The molecular weight excluding hydrogens is 304 g/mol. The van der Waals surface area contributed by atoms with Gasteiger partial charge in [-0.1, -0.05) is 0 Å². The van der Waals surface area contributed by atoms with Gasteiger partial charge in [-0.2, -0.15) is 4.31 Å². The molecule has 3 atom stereocenters. The fraction of sp³-hybridized carbons (Fsp3) is 0.600. The van der Waals surface area contributed by atoms with Crippen LogP contribution in [0.25, 0.3) is 0 Å². The van der Waals surface area contributed by atoms with Crippen LogP contribution in [0.4, 0.5) is 5.69 Å². The zero-order chi connectivity index (χ0) is 15.3. The van der Waals surface area contributed by atoms with Crippen LogP contribution in [0.3, 0.4) is 0 Å². The lowest BCUT2D eigenvalue weighted by atomic mass is 10.2. The Labute approximate surface area is 130 Å². The Morgan fingerprint density at radius 1 is 1.27 bits per heavy atom. The third kappa shape index (κ3) is 2.11. The maximum absolute atomic E-state index is 12.6. The molecule has 120 valence electrons. The second-order valence-corrected chi connectivity index (χ2v) is 8.10. The van der Waals surface area contributed by atoms with Crippen LogP contribution in [-0.2, 0) is 10.0 Å². The number of hydrogen-bond donors (Lipinski definition) is 1. The van der Waals surface area contributed by atoms with Crippen molar-refractivity contribution >= 4 is 15.7 Å². The van der Waals surface area contributed by atoms with E-state index in [0.717, 1.165) is 31.5 Å². The molecule has 3 aliphatic rings. The van der Waals surface area contributed by atoms with Crippen LogP contribution >= 0.6 is 0 Å². The molecule has 0 radical (unpaired) electrons. The van der Waals surface area contributed by atoms with E-state index >= 15 is 0 Å². The maximum atomic E-state index is 12.6. The molecule has 3 heterocycles. The van der Waals surface area contributed by atoms with Crippen LogP contribution in [0.1, 0.15) is 19.3 Å². The number of hydrogen-bond acceptors (Lipinski definition) is 5. The molecule has 1 N–H and O–H groups in total. The van der Waals surface area contributed by atoms with Crippen molar-refractivity contribution in [1.82, 2.24) is 4.31 Å². The van der Waals surface area contributed by atoms with Crippen molar-refractivity contribution in [1.29, 1.82) is 0 Å². The lowest BCUT2D eigenvalue weighted by Crippen LogP contribution is -2.32. The molecule has 1 unspecified atom stereocenters. The molecule has 2 fully saturated rings. The van der Waals surface area contributed by atoms with Gasteiger partial charge in [-0.05, 0) is 31.4 Å². The summed E-state index contributed by atoms with van der Waals surface area (Å²) >= 11 is 0. The van der Waals surface area contributed by atoms with E-state index in [1.807, 2.05) is 12.1 Å². The maximum Gasteiger partial charge on any atom is 0.246 e. The topological polar surface area (TPSA) is 70.1 Å². The third-order valence-corrected chi connectivity index (χ3v) is 6.77. The van der Waals surface area contributed by atoms with Gasteiger partial charge in [-0.25, -0.2) is 8.42 Å². The summed E-state index contributed by atoms with van der Waals surface area (Å²) in [6.45, 7) is 1.97. The van der Waals surface area contributed by atoms with Gasteiger partial charge in [0, 0.05) is 24.8 Å². The lowest BCUT2D eigenvalue weighted by molar-refractivity contribution is 0.215. The van der Waals surface area contributed by atoms with E-state index in [-0.39, 0.29) is 23.6 Å². The van der Waals surface area contributed by atoms with Crippen LogP contribution in [-0.4, -0.2) is 56.2 Å². The summed E-state index contributed by atoms with van der Waals surface area (Å²) in [5, 5.41) is 9.47.